The van der Waals surface area contributed by atoms with Crippen LogP contribution >= 0.6 is 0 Å². The molecule has 1 aliphatic heterocycles. The number of fused-ring (bicyclic) bond motifs is 2. The first kappa shape index (κ1) is 23.0. The summed E-state index contributed by atoms with van der Waals surface area (Å²) in [6, 6.07) is 23.7. The molecule has 3 aromatic carbocycles. The Morgan fingerprint density at radius 3 is 2.49 bits per heavy atom. The lowest BCUT2D eigenvalue weighted by atomic mass is 9.97. The maximum absolute atomic E-state index is 12.9. The lowest BCUT2D eigenvalue weighted by molar-refractivity contribution is -0.136. The highest BCUT2D eigenvalue weighted by atomic mass is 16.5. The van der Waals surface area contributed by atoms with E-state index in [0.29, 0.717) is 25.4 Å². The van der Waals surface area contributed by atoms with Gasteiger partial charge in [0.15, 0.2) is 0 Å². The quantitative estimate of drug-likeness (QED) is 0.435. The third-order valence-corrected chi connectivity index (χ3v) is 6.42. The van der Waals surface area contributed by atoms with Crippen molar-refractivity contribution in [1.29, 1.82) is 0 Å². The number of para-hydroxylation sites is 1. The van der Waals surface area contributed by atoms with Crippen molar-refractivity contribution in [1.82, 2.24) is 15.2 Å². The Morgan fingerprint density at radius 1 is 0.943 bits per heavy atom. The summed E-state index contributed by atoms with van der Waals surface area (Å²) in [6.45, 7) is 4.99. The van der Waals surface area contributed by atoms with E-state index in [2.05, 4.69) is 44.8 Å². The number of amides is 2. The molecular formula is C28H28N4O3. The highest BCUT2D eigenvalue weighted by molar-refractivity contribution is 6.40. The van der Waals surface area contributed by atoms with Crippen molar-refractivity contribution in [2.45, 2.75) is 13.0 Å². The van der Waals surface area contributed by atoms with Gasteiger partial charge < -0.3 is 15.4 Å². The fourth-order valence-corrected chi connectivity index (χ4v) is 4.73. The zero-order valence-corrected chi connectivity index (χ0v) is 19.7. The van der Waals surface area contributed by atoms with Gasteiger partial charge in [0, 0.05) is 30.7 Å². The van der Waals surface area contributed by atoms with Crippen LogP contribution in [0.25, 0.3) is 21.7 Å². The molecule has 178 valence electrons. The van der Waals surface area contributed by atoms with Crippen molar-refractivity contribution in [3.8, 4) is 0 Å². The van der Waals surface area contributed by atoms with Gasteiger partial charge in [0.25, 0.3) is 0 Å². The summed E-state index contributed by atoms with van der Waals surface area (Å²) < 4.78 is 5.55. The van der Waals surface area contributed by atoms with Crippen LogP contribution in [0.4, 0.5) is 5.69 Å². The summed E-state index contributed by atoms with van der Waals surface area (Å²) in [5.41, 5.74) is 3.24. The standard InChI is InChI=1S/C28H28N4O3/c1-19-17-25(23-10-4-5-12-24(23)30-19)31-28(34)27(33)29-18-26(32-13-15-35-16-14-32)22-11-6-8-20-7-2-3-9-21(20)22/h2-12,17,26H,13-16,18H2,1H3,(H,29,33)(H,30,31,34). The number of ether oxygens (including phenoxy) is 1. The molecule has 1 atom stereocenters. The first-order chi connectivity index (χ1) is 17.1. The maximum atomic E-state index is 12.9. The molecule has 1 aliphatic rings. The number of aryl methyl sites for hydroxylation is 1. The van der Waals surface area contributed by atoms with Crippen LogP contribution in [-0.4, -0.2) is 54.5 Å². The summed E-state index contributed by atoms with van der Waals surface area (Å²) in [4.78, 5) is 32.5. The average Bonchev–Trinajstić information content (AvgIpc) is 2.89. The number of anilines is 1. The van der Waals surface area contributed by atoms with Crippen molar-refractivity contribution in [3.05, 3.63) is 84.1 Å². The van der Waals surface area contributed by atoms with E-state index in [-0.39, 0.29) is 6.04 Å². The zero-order valence-electron chi connectivity index (χ0n) is 19.7. The number of carbonyl (C=O) groups is 2. The monoisotopic (exact) mass is 468 g/mol. The predicted molar refractivity (Wildman–Crippen MR) is 137 cm³/mol. The number of benzene rings is 3. The van der Waals surface area contributed by atoms with E-state index in [1.165, 1.54) is 0 Å². The molecule has 0 spiro atoms. The van der Waals surface area contributed by atoms with Gasteiger partial charge >= 0.3 is 11.8 Å². The molecule has 2 amide bonds. The Balaban J connectivity index is 1.35. The SMILES string of the molecule is Cc1cc(NC(=O)C(=O)NCC(c2cccc3ccccc23)N2CCOCC2)c2ccccc2n1. The topological polar surface area (TPSA) is 83.6 Å². The van der Waals surface area contributed by atoms with Crippen LogP contribution in [0.15, 0.2) is 72.8 Å². The van der Waals surface area contributed by atoms with E-state index in [1.54, 1.807) is 6.07 Å². The van der Waals surface area contributed by atoms with Crippen molar-refractivity contribution in [2.24, 2.45) is 0 Å². The normalized spacial score (nSPS) is 15.1. The molecule has 7 heteroatoms. The molecule has 1 saturated heterocycles. The number of aromatic nitrogens is 1. The Labute approximate surface area is 204 Å². The number of hydrogen-bond acceptors (Lipinski definition) is 5. The number of nitrogens with zero attached hydrogens (tertiary/aromatic N) is 2. The maximum Gasteiger partial charge on any atom is 0.313 e. The number of pyridine rings is 1. The number of hydrogen-bond donors (Lipinski definition) is 2. The highest BCUT2D eigenvalue weighted by Crippen LogP contribution is 2.29. The number of rotatable bonds is 5. The van der Waals surface area contributed by atoms with Crippen LogP contribution in [0.3, 0.4) is 0 Å². The number of nitrogens with one attached hydrogen (secondary N) is 2. The van der Waals surface area contributed by atoms with Gasteiger partial charge in [0.05, 0.1) is 30.5 Å². The Hall–Kier alpha value is -3.81. The minimum absolute atomic E-state index is 0.0780. The van der Waals surface area contributed by atoms with Crippen LogP contribution in [0, 0.1) is 6.92 Å². The Morgan fingerprint density at radius 2 is 1.66 bits per heavy atom. The first-order valence-corrected chi connectivity index (χ1v) is 11.9. The third-order valence-electron chi connectivity index (χ3n) is 6.42. The average molecular weight is 469 g/mol. The fraction of sp³-hybridized carbons (Fsp3) is 0.250. The van der Waals surface area contributed by atoms with Crippen LogP contribution in [0.2, 0.25) is 0 Å². The largest absolute Gasteiger partial charge is 0.379 e. The molecule has 4 aromatic rings. The van der Waals surface area contributed by atoms with Gasteiger partial charge in [0.1, 0.15) is 0 Å². The third kappa shape index (κ3) is 5.01. The number of morpholine rings is 1. The summed E-state index contributed by atoms with van der Waals surface area (Å²) in [7, 11) is 0. The van der Waals surface area contributed by atoms with E-state index in [9.17, 15) is 9.59 Å². The fourth-order valence-electron chi connectivity index (χ4n) is 4.73. The molecule has 0 radical (unpaired) electrons. The molecule has 7 nitrogen and oxygen atoms in total. The smallest absolute Gasteiger partial charge is 0.313 e. The van der Waals surface area contributed by atoms with Gasteiger partial charge in [-0.15, -0.1) is 0 Å². The Bertz CT molecular complexity index is 1380. The molecule has 0 saturated carbocycles. The van der Waals surface area contributed by atoms with Crippen molar-refractivity contribution < 1.29 is 14.3 Å². The molecule has 35 heavy (non-hydrogen) atoms. The van der Waals surface area contributed by atoms with Crippen LogP contribution in [-0.2, 0) is 14.3 Å². The van der Waals surface area contributed by atoms with Crippen LogP contribution in [0.5, 0.6) is 0 Å². The second-order valence-corrected chi connectivity index (χ2v) is 8.73. The number of carbonyl (C=O) groups excluding carboxylic acids is 2. The van der Waals surface area contributed by atoms with Gasteiger partial charge in [-0.1, -0.05) is 60.7 Å². The van der Waals surface area contributed by atoms with E-state index < -0.39 is 11.8 Å². The highest BCUT2D eigenvalue weighted by Gasteiger charge is 2.26. The van der Waals surface area contributed by atoms with Crippen LogP contribution < -0.4 is 10.6 Å². The van der Waals surface area contributed by atoms with Gasteiger partial charge in [-0.05, 0) is 35.4 Å². The van der Waals surface area contributed by atoms with Crippen LogP contribution in [0.1, 0.15) is 17.3 Å². The summed E-state index contributed by atoms with van der Waals surface area (Å²) in [6.07, 6.45) is 0. The van der Waals surface area contributed by atoms with E-state index in [0.717, 1.165) is 46.0 Å². The second-order valence-electron chi connectivity index (χ2n) is 8.73. The molecular weight excluding hydrogens is 440 g/mol. The van der Waals surface area contributed by atoms with Crippen molar-refractivity contribution in [2.75, 3.05) is 38.2 Å². The van der Waals surface area contributed by atoms with E-state index in [1.807, 2.05) is 49.4 Å². The first-order valence-electron chi connectivity index (χ1n) is 11.9. The van der Waals surface area contributed by atoms with Crippen molar-refractivity contribution in [3.63, 3.8) is 0 Å². The molecule has 0 bridgehead atoms. The minimum atomic E-state index is -0.695. The summed E-state index contributed by atoms with van der Waals surface area (Å²) in [5, 5.41) is 8.73. The lowest BCUT2D eigenvalue weighted by Gasteiger charge is -2.35. The molecule has 1 unspecified atom stereocenters. The molecule has 1 fully saturated rings. The molecule has 1 aromatic heterocycles. The lowest BCUT2D eigenvalue weighted by Crippen LogP contribution is -2.45. The minimum Gasteiger partial charge on any atom is -0.379 e. The second kappa shape index (κ2) is 10.2. The van der Waals surface area contributed by atoms with E-state index in [4.69, 9.17) is 4.74 Å². The predicted octanol–water partition coefficient (Wildman–Crippen LogP) is 3.82. The summed E-state index contributed by atoms with van der Waals surface area (Å²) in [5.74, 6) is -1.36. The van der Waals surface area contributed by atoms with Gasteiger partial charge in [-0.2, -0.15) is 0 Å². The molecule has 2 heterocycles. The zero-order chi connectivity index (χ0) is 24.2. The van der Waals surface area contributed by atoms with Crippen molar-refractivity contribution >= 4 is 39.2 Å². The Kier molecular flexibility index (Phi) is 6.70. The molecule has 2 N–H and O–H groups in total. The van der Waals surface area contributed by atoms with E-state index >= 15 is 0 Å². The molecule has 5 rings (SSSR count). The van der Waals surface area contributed by atoms with Gasteiger partial charge in [-0.3, -0.25) is 19.5 Å². The summed E-state index contributed by atoms with van der Waals surface area (Å²) >= 11 is 0. The van der Waals surface area contributed by atoms with Gasteiger partial charge in [-0.25, -0.2) is 0 Å². The van der Waals surface area contributed by atoms with Gasteiger partial charge in [0.2, 0.25) is 0 Å². The molecule has 0 aliphatic carbocycles.